The molecule has 0 spiro atoms. The van der Waals surface area contributed by atoms with E-state index in [0.717, 1.165) is 25.2 Å². The lowest BCUT2D eigenvalue weighted by Crippen LogP contribution is -2.29. The van der Waals surface area contributed by atoms with E-state index in [0.29, 0.717) is 16.8 Å². The summed E-state index contributed by atoms with van der Waals surface area (Å²) in [4.78, 5) is 0. The SMILES string of the molecule is COc1nnc(C2CCCNC2)cc1Cl. The Kier molecular flexibility index (Phi) is 3.38. The van der Waals surface area contributed by atoms with Crippen LogP contribution in [0.3, 0.4) is 0 Å². The van der Waals surface area contributed by atoms with Gasteiger partial charge in [0.1, 0.15) is 5.02 Å². The van der Waals surface area contributed by atoms with Gasteiger partial charge in [-0.05, 0) is 25.5 Å². The summed E-state index contributed by atoms with van der Waals surface area (Å²) in [7, 11) is 1.54. The molecular weight excluding hydrogens is 214 g/mol. The van der Waals surface area contributed by atoms with Crippen LogP contribution in [-0.2, 0) is 0 Å². The van der Waals surface area contributed by atoms with Crippen molar-refractivity contribution < 1.29 is 4.74 Å². The van der Waals surface area contributed by atoms with Crippen LogP contribution in [0.5, 0.6) is 5.88 Å². The van der Waals surface area contributed by atoms with Gasteiger partial charge in [-0.3, -0.25) is 0 Å². The lowest BCUT2D eigenvalue weighted by Gasteiger charge is -2.21. The first-order chi connectivity index (χ1) is 7.31. The molecule has 1 fully saturated rings. The Morgan fingerprint density at radius 2 is 2.40 bits per heavy atom. The third-order valence-electron chi connectivity index (χ3n) is 2.64. The number of nitrogens with one attached hydrogen (secondary N) is 1. The molecule has 1 aliphatic rings. The summed E-state index contributed by atoms with van der Waals surface area (Å²) in [5.41, 5.74) is 0.952. The zero-order valence-electron chi connectivity index (χ0n) is 8.66. The predicted molar refractivity (Wildman–Crippen MR) is 58.4 cm³/mol. The Balaban J connectivity index is 2.17. The number of nitrogens with zero attached hydrogens (tertiary/aromatic N) is 2. The molecule has 0 radical (unpaired) electrons. The molecule has 4 nitrogen and oxygen atoms in total. The fourth-order valence-corrected chi connectivity index (χ4v) is 2.04. The summed E-state index contributed by atoms with van der Waals surface area (Å²) in [6.45, 7) is 2.05. The van der Waals surface area contributed by atoms with Crippen molar-refractivity contribution in [2.24, 2.45) is 0 Å². The first kappa shape index (κ1) is 10.6. The number of ether oxygens (including phenoxy) is 1. The molecule has 1 aromatic heterocycles. The van der Waals surface area contributed by atoms with E-state index in [1.54, 1.807) is 0 Å². The summed E-state index contributed by atoms with van der Waals surface area (Å²) in [5, 5.41) is 11.9. The summed E-state index contributed by atoms with van der Waals surface area (Å²) in [5.74, 6) is 0.818. The molecule has 2 rings (SSSR count). The molecule has 1 saturated heterocycles. The molecule has 5 heteroatoms. The minimum absolute atomic E-state index is 0.393. The Morgan fingerprint density at radius 1 is 1.53 bits per heavy atom. The van der Waals surface area contributed by atoms with E-state index < -0.39 is 0 Å². The Morgan fingerprint density at radius 3 is 3.00 bits per heavy atom. The van der Waals surface area contributed by atoms with Crippen molar-refractivity contribution in [3.05, 3.63) is 16.8 Å². The summed E-state index contributed by atoms with van der Waals surface area (Å²) < 4.78 is 4.97. The molecule has 0 saturated carbocycles. The number of methoxy groups -OCH3 is 1. The van der Waals surface area contributed by atoms with Gasteiger partial charge in [-0.15, -0.1) is 5.10 Å². The normalized spacial score (nSPS) is 21.3. The Bertz CT molecular complexity index is 339. The minimum atomic E-state index is 0.393. The van der Waals surface area contributed by atoms with Crippen LogP contribution < -0.4 is 10.1 Å². The average molecular weight is 228 g/mol. The van der Waals surface area contributed by atoms with Crippen LogP contribution in [0.15, 0.2) is 6.07 Å². The van der Waals surface area contributed by atoms with Crippen LogP contribution in [0.2, 0.25) is 5.02 Å². The second-order valence-corrected chi connectivity index (χ2v) is 4.08. The molecule has 2 heterocycles. The number of halogens is 1. The summed E-state index contributed by atoms with van der Waals surface area (Å²) >= 11 is 6.00. The van der Waals surface area contributed by atoms with Gasteiger partial charge in [0.2, 0.25) is 0 Å². The van der Waals surface area contributed by atoms with E-state index in [9.17, 15) is 0 Å². The largest absolute Gasteiger partial charge is 0.479 e. The first-order valence-electron chi connectivity index (χ1n) is 5.09. The minimum Gasteiger partial charge on any atom is -0.479 e. The Labute approximate surface area is 94.0 Å². The van der Waals surface area contributed by atoms with Crippen LogP contribution in [0.25, 0.3) is 0 Å². The molecule has 1 aliphatic heterocycles. The fraction of sp³-hybridized carbons (Fsp3) is 0.600. The average Bonchev–Trinajstić information content (AvgIpc) is 2.30. The maximum atomic E-state index is 6.00. The third kappa shape index (κ3) is 2.38. The highest BCUT2D eigenvalue weighted by molar-refractivity contribution is 6.31. The van der Waals surface area contributed by atoms with E-state index in [-0.39, 0.29) is 0 Å². The van der Waals surface area contributed by atoms with Crippen LogP contribution >= 0.6 is 11.6 Å². The van der Waals surface area contributed by atoms with Gasteiger partial charge in [0, 0.05) is 12.5 Å². The predicted octanol–water partition coefficient (Wildman–Crippen LogP) is 1.61. The molecule has 1 atom stereocenters. The monoisotopic (exact) mass is 227 g/mol. The highest BCUT2D eigenvalue weighted by Crippen LogP contribution is 2.26. The quantitative estimate of drug-likeness (QED) is 0.834. The van der Waals surface area contributed by atoms with Crippen molar-refractivity contribution in [3.8, 4) is 5.88 Å². The third-order valence-corrected chi connectivity index (χ3v) is 2.91. The molecule has 1 N–H and O–H groups in total. The number of hydrogen-bond donors (Lipinski definition) is 1. The van der Waals surface area contributed by atoms with Gasteiger partial charge < -0.3 is 10.1 Å². The Hall–Kier alpha value is -0.870. The summed E-state index contributed by atoms with van der Waals surface area (Å²) in [6.07, 6.45) is 2.32. The van der Waals surface area contributed by atoms with Gasteiger partial charge in [-0.25, -0.2) is 0 Å². The van der Waals surface area contributed by atoms with Crippen LogP contribution in [-0.4, -0.2) is 30.4 Å². The van der Waals surface area contributed by atoms with E-state index in [1.165, 1.54) is 13.5 Å². The van der Waals surface area contributed by atoms with Gasteiger partial charge in [-0.2, -0.15) is 5.10 Å². The molecule has 0 bridgehead atoms. The molecule has 0 amide bonds. The maximum Gasteiger partial charge on any atom is 0.252 e. The molecule has 0 aromatic carbocycles. The molecule has 1 aromatic rings. The lowest BCUT2D eigenvalue weighted by atomic mass is 9.96. The van der Waals surface area contributed by atoms with Crippen molar-refractivity contribution in [1.82, 2.24) is 15.5 Å². The van der Waals surface area contributed by atoms with Crippen molar-refractivity contribution in [2.75, 3.05) is 20.2 Å². The van der Waals surface area contributed by atoms with Crippen LogP contribution in [0.4, 0.5) is 0 Å². The number of piperidine rings is 1. The van der Waals surface area contributed by atoms with Crippen molar-refractivity contribution >= 4 is 11.6 Å². The van der Waals surface area contributed by atoms with Gasteiger partial charge >= 0.3 is 0 Å². The highest BCUT2D eigenvalue weighted by Gasteiger charge is 2.18. The summed E-state index contributed by atoms with van der Waals surface area (Å²) in [6, 6.07) is 1.85. The second-order valence-electron chi connectivity index (χ2n) is 3.67. The highest BCUT2D eigenvalue weighted by atomic mass is 35.5. The standard InChI is InChI=1S/C10H14ClN3O/c1-15-10-8(11)5-9(13-14-10)7-3-2-4-12-6-7/h5,7,12H,2-4,6H2,1H3. The number of aromatic nitrogens is 2. The zero-order valence-corrected chi connectivity index (χ0v) is 9.42. The van der Waals surface area contributed by atoms with Gasteiger partial charge in [0.15, 0.2) is 0 Å². The molecule has 82 valence electrons. The van der Waals surface area contributed by atoms with Crippen LogP contribution in [0, 0.1) is 0 Å². The van der Waals surface area contributed by atoms with Gasteiger partial charge in [0.25, 0.3) is 5.88 Å². The number of rotatable bonds is 2. The lowest BCUT2D eigenvalue weighted by molar-refractivity contribution is 0.388. The van der Waals surface area contributed by atoms with E-state index in [1.807, 2.05) is 6.07 Å². The molecular formula is C10H14ClN3O. The zero-order chi connectivity index (χ0) is 10.7. The van der Waals surface area contributed by atoms with Crippen molar-refractivity contribution in [1.29, 1.82) is 0 Å². The number of hydrogen-bond acceptors (Lipinski definition) is 4. The smallest absolute Gasteiger partial charge is 0.252 e. The molecule has 0 aliphatic carbocycles. The van der Waals surface area contributed by atoms with Gasteiger partial charge in [-0.1, -0.05) is 11.6 Å². The van der Waals surface area contributed by atoms with E-state index in [4.69, 9.17) is 16.3 Å². The fourth-order valence-electron chi connectivity index (χ4n) is 1.81. The molecule has 1 unspecified atom stereocenters. The van der Waals surface area contributed by atoms with Crippen LogP contribution in [0.1, 0.15) is 24.5 Å². The topological polar surface area (TPSA) is 47.0 Å². The molecule has 15 heavy (non-hydrogen) atoms. The van der Waals surface area contributed by atoms with E-state index >= 15 is 0 Å². The van der Waals surface area contributed by atoms with Gasteiger partial charge in [0.05, 0.1) is 12.8 Å². The van der Waals surface area contributed by atoms with Crippen molar-refractivity contribution in [3.63, 3.8) is 0 Å². The second kappa shape index (κ2) is 4.77. The first-order valence-corrected chi connectivity index (χ1v) is 5.47. The van der Waals surface area contributed by atoms with Crippen molar-refractivity contribution in [2.45, 2.75) is 18.8 Å². The maximum absolute atomic E-state index is 6.00. The van der Waals surface area contributed by atoms with E-state index in [2.05, 4.69) is 15.5 Å².